The predicted molar refractivity (Wildman–Crippen MR) is 69.4 cm³/mol. The van der Waals surface area contributed by atoms with E-state index in [2.05, 4.69) is 18.9 Å². The average molecular weight is 212 g/mol. The van der Waals surface area contributed by atoms with Crippen LogP contribution in [0.15, 0.2) is 5.10 Å². The normalized spacial score (nSPS) is 11.9. The monoisotopic (exact) mass is 212 g/mol. The Kier molecular flexibility index (Phi) is 9.65. The smallest absolute Gasteiger partial charge is 0.0377 e. The Bertz CT molecular complexity index is 162. The molecule has 0 unspecified atom stereocenters. The molecule has 0 fully saturated rings. The van der Waals surface area contributed by atoms with Gasteiger partial charge in [-0.25, -0.2) is 0 Å². The SMILES string of the molecule is CCCCCCCC/C(CC)=N\N(C)C. The van der Waals surface area contributed by atoms with Gasteiger partial charge in [-0.1, -0.05) is 46.0 Å². The van der Waals surface area contributed by atoms with Crippen LogP contribution >= 0.6 is 0 Å². The molecule has 0 aromatic carbocycles. The summed E-state index contributed by atoms with van der Waals surface area (Å²) in [6.07, 6.45) is 10.5. The second-order valence-electron chi connectivity index (χ2n) is 4.38. The molecule has 0 spiro atoms. The molecule has 0 aliphatic carbocycles. The molecule has 0 aromatic rings. The Balaban J connectivity index is 3.47. The van der Waals surface area contributed by atoms with Crippen molar-refractivity contribution in [2.45, 2.75) is 65.2 Å². The standard InChI is InChI=1S/C13H28N2/c1-5-7-8-9-10-11-12-13(6-2)14-15(3)4/h5-12H2,1-4H3/b14-13-. The van der Waals surface area contributed by atoms with Crippen LogP contribution in [-0.4, -0.2) is 24.8 Å². The number of rotatable bonds is 9. The lowest BCUT2D eigenvalue weighted by Gasteiger charge is -2.09. The van der Waals surface area contributed by atoms with E-state index in [4.69, 9.17) is 0 Å². The van der Waals surface area contributed by atoms with Gasteiger partial charge in [0.05, 0.1) is 0 Å². The highest BCUT2D eigenvalue weighted by Gasteiger charge is 1.97. The van der Waals surface area contributed by atoms with Gasteiger partial charge in [0.2, 0.25) is 0 Å². The molecule has 0 radical (unpaired) electrons. The Hall–Kier alpha value is -0.530. The second kappa shape index (κ2) is 10.0. The van der Waals surface area contributed by atoms with Gasteiger partial charge < -0.3 is 5.01 Å². The van der Waals surface area contributed by atoms with Crippen molar-refractivity contribution < 1.29 is 0 Å². The van der Waals surface area contributed by atoms with E-state index in [0.29, 0.717) is 0 Å². The molecule has 2 nitrogen and oxygen atoms in total. The summed E-state index contributed by atoms with van der Waals surface area (Å²) in [6.45, 7) is 4.46. The fourth-order valence-electron chi connectivity index (χ4n) is 1.69. The van der Waals surface area contributed by atoms with Gasteiger partial charge in [-0.3, -0.25) is 0 Å². The number of nitrogens with zero attached hydrogens (tertiary/aromatic N) is 2. The van der Waals surface area contributed by atoms with Crippen LogP contribution in [0.5, 0.6) is 0 Å². The highest BCUT2D eigenvalue weighted by Crippen LogP contribution is 2.08. The van der Waals surface area contributed by atoms with Gasteiger partial charge in [0.1, 0.15) is 0 Å². The Morgan fingerprint density at radius 2 is 1.53 bits per heavy atom. The van der Waals surface area contributed by atoms with E-state index in [1.807, 2.05) is 19.1 Å². The number of hydrogen-bond donors (Lipinski definition) is 0. The van der Waals surface area contributed by atoms with Gasteiger partial charge in [-0.2, -0.15) is 5.10 Å². The minimum atomic E-state index is 1.09. The fourth-order valence-corrected chi connectivity index (χ4v) is 1.69. The van der Waals surface area contributed by atoms with Crippen LogP contribution in [0, 0.1) is 0 Å². The lowest BCUT2D eigenvalue weighted by atomic mass is 10.1. The molecule has 0 amide bonds. The molecule has 0 heterocycles. The predicted octanol–water partition coefficient (Wildman–Crippen LogP) is 4.06. The maximum absolute atomic E-state index is 4.48. The second-order valence-corrected chi connectivity index (χ2v) is 4.38. The van der Waals surface area contributed by atoms with Crippen molar-refractivity contribution >= 4 is 5.71 Å². The lowest BCUT2D eigenvalue weighted by Crippen LogP contribution is -2.08. The largest absolute Gasteiger partial charge is 0.303 e. The van der Waals surface area contributed by atoms with Gasteiger partial charge in [0.15, 0.2) is 0 Å². The summed E-state index contributed by atoms with van der Waals surface area (Å²) in [7, 11) is 3.99. The molecular weight excluding hydrogens is 184 g/mol. The molecule has 0 bridgehead atoms. The van der Waals surface area contributed by atoms with E-state index in [-0.39, 0.29) is 0 Å². The third kappa shape index (κ3) is 9.77. The summed E-state index contributed by atoms with van der Waals surface area (Å²) in [5.41, 5.74) is 1.34. The Morgan fingerprint density at radius 3 is 2.07 bits per heavy atom. The zero-order chi connectivity index (χ0) is 11.5. The summed E-state index contributed by atoms with van der Waals surface area (Å²) >= 11 is 0. The molecule has 0 N–H and O–H groups in total. The maximum atomic E-state index is 4.48. The summed E-state index contributed by atoms with van der Waals surface area (Å²) in [5, 5.41) is 6.39. The zero-order valence-electron chi connectivity index (χ0n) is 11.1. The van der Waals surface area contributed by atoms with Gasteiger partial charge >= 0.3 is 0 Å². The highest BCUT2D eigenvalue weighted by molar-refractivity contribution is 5.83. The van der Waals surface area contributed by atoms with E-state index in [1.165, 1.54) is 50.7 Å². The van der Waals surface area contributed by atoms with Crippen LogP contribution < -0.4 is 0 Å². The van der Waals surface area contributed by atoms with Crippen molar-refractivity contribution in [3.63, 3.8) is 0 Å². The first-order valence-corrected chi connectivity index (χ1v) is 6.44. The fraction of sp³-hybridized carbons (Fsp3) is 0.923. The minimum Gasteiger partial charge on any atom is -0.303 e. The van der Waals surface area contributed by atoms with Crippen molar-refractivity contribution in [3.05, 3.63) is 0 Å². The van der Waals surface area contributed by atoms with Crippen LogP contribution in [0.2, 0.25) is 0 Å². The molecule has 90 valence electrons. The van der Waals surface area contributed by atoms with Crippen LogP contribution in [0.4, 0.5) is 0 Å². The molecule has 0 atom stereocenters. The summed E-state index contributed by atoms with van der Waals surface area (Å²) in [6, 6.07) is 0. The molecule has 0 rings (SSSR count). The topological polar surface area (TPSA) is 15.6 Å². The number of hydrogen-bond acceptors (Lipinski definition) is 2. The van der Waals surface area contributed by atoms with E-state index in [0.717, 1.165) is 6.42 Å². The molecule has 2 heteroatoms. The van der Waals surface area contributed by atoms with Crippen molar-refractivity contribution in [2.75, 3.05) is 14.1 Å². The molecule has 0 saturated carbocycles. The minimum absolute atomic E-state index is 1.09. The maximum Gasteiger partial charge on any atom is 0.0377 e. The molecule has 0 aliphatic heterocycles. The van der Waals surface area contributed by atoms with Gasteiger partial charge in [-0.15, -0.1) is 0 Å². The number of unbranched alkanes of at least 4 members (excludes halogenated alkanes) is 5. The average Bonchev–Trinajstić information content (AvgIpc) is 2.20. The van der Waals surface area contributed by atoms with Gasteiger partial charge in [-0.05, 0) is 19.3 Å². The summed E-state index contributed by atoms with van der Waals surface area (Å²) in [4.78, 5) is 0. The molecule has 15 heavy (non-hydrogen) atoms. The lowest BCUT2D eigenvalue weighted by molar-refractivity contribution is 0.434. The van der Waals surface area contributed by atoms with E-state index in [9.17, 15) is 0 Å². The molecule has 0 saturated heterocycles. The van der Waals surface area contributed by atoms with Crippen LogP contribution in [0.1, 0.15) is 65.2 Å². The zero-order valence-corrected chi connectivity index (χ0v) is 11.1. The Labute approximate surface area is 95.7 Å². The van der Waals surface area contributed by atoms with E-state index in [1.54, 1.807) is 0 Å². The van der Waals surface area contributed by atoms with E-state index < -0.39 is 0 Å². The van der Waals surface area contributed by atoms with Crippen LogP contribution in [0.3, 0.4) is 0 Å². The van der Waals surface area contributed by atoms with Crippen LogP contribution in [0.25, 0.3) is 0 Å². The number of hydrazone groups is 1. The van der Waals surface area contributed by atoms with Crippen molar-refractivity contribution in [1.82, 2.24) is 5.01 Å². The first-order valence-electron chi connectivity index (χ1n) is 6.44. The summed E-state index contributed by atoms with van der Waals surface area (Å²) < 4.78 is 0. The third-order valence-electron chi connectivity index (χ3n) is 2.57. The quantitative estimate of drug-likeness (QED) is 0.320. The van der Waals surface area contributed by atoms with Gasteiger partial charge in [0.25, 0.3) is 0 Å². The first-order chi connectivity index (χ1) is 7.20. The van der Waals surface area contributed by atoms with Gasteiger partial charge in [0, 0.05) is 19.8 Å². The third-order valence-corrected chi connectivity index (χ3v) is 2.57. The van der Waals surface area contributed by atoms with Crippen LogP contribution in [-0.2, 0) is 0 Å². The molecule has 0 aromatic heterocycles. The van der Waals surface area contributed by atoms with Crippen molar-refractivity contribution in [3.8, 4) is 0 Å². The molecule has 0 aliphatic rings. The highest BCUT2D eigenvalue weighted by atomic mass is 15.4. The van der Waals surface area contributed by atoms with E-state index >= 15 is 0 Å². The first kappa shape index (κ1) is 14.5. The van der Waals surface area contributed by atoms with Crippen molar-refractivity contribution in [2.24, 2.45) is 5.10 Å². The Morgan fingerprint density at radius 1 is 0.933 bits per heavy atom. The molecular formula is C13H28N2. The summed E-state index contributed by atoms with van der Waals surface area (Å²) in [5.74, 6) is 0. The van der Waals surface area contributed by atoms with Crippen molar-refractivity contribution in [1.29, 1.82) is 0 Å².